The Hall–Kier alpha value is -0.980. The lowest BCUT2D eigenvalue weighted by atomic mass is 10.1. The van der Waals surface area contributed by atoms with Crippen molar-refractivity contribution in [3.8, 4) is 0 Å². The third-order valence-electron chi connectivity index (χ3n) is 1.66. The van der Waals surface area contributed by atoms with Crippen LogP contribution in [0.3, 0.4) is 0 Å². The van der Waals surface area contributed by atoms with Crippen molar-refractivity contribution in [1.82, 2.24) is 0 Å². The van der Waals surface area contributed by atoms with Crippen molar-refractivity contribution in [2.75, 3.05) is 12.4 Å². The average Bonchev–Trinajstić information content (AvgIpc) is 2.27. The number of nitrogens with one attached hydrogen (secondary N) is 1. The molecule has 1 nitrogen and oxygen atoms in total. The van der Waals surface area contributed by atoms with E-state index in [9.17, 15) is 0 Å². The monoisotopic (exact) mass is 195 g/mol. The largest absolute Gasteiger partial charge is 0.388 e. The van der Waals surface area contributed by atoms with E-state index in [1.165, 1.54) is 16.8 Å². The molecule has 0 aliphatic carbocycles. The maximum atomic E-state index is 3.14. The normalized spacial score (nSPS) is 7.64. The average molecular weight is 195 g/mol. The lowest BCUT2D eigenvalue weighted by Crippen LogP contribution is -1.91. The molecule has 0 aromatic heterocycles. The Morgan fingerprint density at radius 1 is 0.929 bits per heavy atom. The molecule has 0 heterocycles. The van der Waals surface area contributed by atoms with Gasteiger partial charge in [0.25, 0.3) is 0 Å². The molecule has 1 aromatic carbocycles. The number of aryl methyl sites for hydroxylation is 2. The molecule has 0 atom stereocenters. The Morgan fingerprint density at radius 2 is 1.43 bits per heavy atom. The first kappa shape index (κ1) is 15.5. The van der Waals surface area contributed by atoms with Crippen molar-refractivity contribution in [1.29, 1.82) is 0 Å². The first-order chi connectivity index (χ1) is 6.74. The van der Waals surface area contributed by atoms with Crippen molar-refractivity contribution in [3.63, 3.8) is 0 Å². The second-order valence-corrected chi connectivity index (χ2v) is 2.57. The van der Waals surface area contributed by atoms with Gasteiger partial charge in [-0.2, -0.15) is 0 Å². The molecule has 1 rings (SSSR count). The standard InChI is InChI=1S/C9H13N.2C2H6/c1-7-4-5-8(2)9(6-7)10-3;2*1-2/h4-6,10H,1-3H3;2*1-2H3. The summed E-state index contributed by atoms with van der Waals surface area (Å²) < 4.78 is 0. The molecule has 0 unspecified atom stereocenters. The topological polar surface area (TPSA) is 12.0 Å². The summed E-state index contributed by atoms with van der Waals surface area (Å²) >= 11 is 0. The molecular weight excluding hydrogens is 170 g/mol. The fourth-order valence-corrected chi connectivity index (χ4v) is 1.01. The summed E-state index contributed by atoms with van der Waals surface area (Å²) in [4.78, 5) is 0. The van der Waals surface area contributed by atoms with E-state index in [1.807, 2.05) is 34.7 Å². The van der Waals surface area contributed by atoms with E-state index in [0.29, 0.717) is 0 Å². The number of anilines is 1. The van der Waals surface area contributed by atoms with E-state index < -0.39 is 0 Å². The minimum absolute atomic E-state index is 1.22. The van der Waals surface area contributed by atoms with E-state index in [4.69, 9.17) is 0 Å². The number of hydrogen-bond donors (Lipinski definition) is 1. The quantitative estimate of drug-likeness (QED) is 0.700. The van der Waals surface area contributed by atoms with Gasteiger partial charge in [0, 0.05) is 12.7 Å². The molecule has 1 N–H and O–H groups in total. The van der Waals surface area contributed by atoms with Gasteiger partial charge in [-0.05, 0) is 31.0 Å². The van der Waals surface area contributed by atoms with Gasteiger partial charge in [0.2, 0.25) is 0 Å². The van der Waals surface area contributed by atoms with Crippen LogP contribution < -0.4 is 5.32 Å². The molecule has 14 heavy (non-hydrogen) atoms. The van der Waals surface area contributed by atoms with E-state index in [2.05, 4.69) is 37.4 Å². The third-order valence-corrected chi connectivity index (χ3v) is 1.66. The minimum atomic E-state index is 1.22. The lowest BCUT2D eigenvalue weighted by Gasteiger charge is -2.04. The summed E-state index contributed by atoms with van der Waals surface area (Å²) in [6, 6.07) is 6.40. The second kappa shape index (κ2) is 10.1. The van der Waals surface area contributed by atoms with Crippen LogP contribution in [0.15, 0.2) is 18.2 Å². The third kappa shape index (κ3) is 5.63. The van der Waals surface area contributed by atoms with Crippen LogP contribution in [0, 0.1) is 13.8 Å². The number of benzene rings is 1. The molecule has 0 aliphatic heterocycles. The highest BCUT2D eigenvalue weighted by molar-refractivity contribution is 5.51. The maximum absolute atomic E-state index is 3.14. The van der Waals surface area contributed by atoms with Crippen LogP contribution in [-0.2, 0) is 0 Å². The Balaban J connectivity index is 0. The van der Waals surface area contributed by atoms with Crippen LogP contribution >= 0.6 is 0 Å². The molecule has 0 fully saturated rings. The Bertz CT molecular complexity index is 229. The fraction of sp³-hybridized carbons (Fsp3) is 0.538. The summed E-state index contributed by atoms with van der Waals surface area (Å²) in [5, 5.41) is 3.14. The first-order valence-corrected chi connectivity index (χ1v) is 5.49. The van der Waals surface area contributed by atoms with E-state index in [1.54, 1.807) is 0 Å². The highest BCUT2D eigenvalue weighted by Gasteiger charge is 1.92. The molecule has 82 valence electrons. The maximum Gasteiger partial charge on any atom is 0.0369 e. The molecule has 0 bridgehead atoms. The highest BCUT2D eigenvalue weighted by atomic mass is 14.8. The van der Waals surface area contributed by atoms with Gasteiger partial charge in [-0.15, -0.1) is 0 Å². The summed E-state index contributed by atoms with van der Waals surface area (Å²) in [6.45, 7) is 12.2. The van der Waals surface area contributed by atoms with Gasteiger partial charge < -0.3 is 5.32 Å². The smallest absolute Gasteiger partial charge is 0.0369 e. The minimum Gasteiger partial charge on any atom is -0.388 e. The van der Waals surface area contributed by atoms with Crippen LogP contribution in [-0.4, -0.2) is 7.05 Å². The first-order valence-electron chi connectivity index (χ1n) is 5.49. The van der Waals surface area contributed by atoms with Crippen LogP contribution in [0.4, 0.5) is 5.69 Å². The summed E-state index contributed by atoms with van der Waals surface area (Å²) in [6.07, 6.45) is 0. The van der Waals surface area contributed by atoms with Crippen molar-refractivity contribution < 1.29 is 0 Å². The van der Waals surface area contributed by atoms with Gasteiger partial charge in [-0.3, -0.25) is 0 Å². The molecule has 0 saturated carbocycles. The molecule has 1 heteroatoms. The Labute approximate surface area is 89.5 Å². The highest BCUT2D eigenvalue weighted by Crippen LogP contribution is 2.14. The van der Waals surface area contributed by atoms with Crippen LogP contribution in [0.25, 0.3) is 0 Å². The molecule has 0 spiro atoms. The molecule has 0 radical (unpaired) electrons. The van der Waals surface area contributed by atoms with E-state index >= 15 is 0 Å². The zero-order valence-electron chi connectivity index (χ0n) is 10.7. The van der Waals surface area contributed by atoms with Crippen molar-refractivity contribution in [2.24, 2.45) is 0 Å². The predicted molar refractivity (Wildman–Crippen MR) is 68.2 cm³/mol. The van der Waals surface area contributed by atoms with Crippen LogP contribution in [0.5, 0.6) is 0 Å². The van der Waals surface area contributed by atoms with Gasteiger partial charge in [-0.1, -0.05) is 39.8 Å². The summed E-state index contributed by atoms with van der Waals surface area (Å²) in [7, 11) is 1.95. The van der Waals surface area contributed by atoms with E-state index in [0.717, 1.165) is 0 Å². The molecule has 1 aromatic rings. The number of hydrogen-bond acceptors (Lipinski definition) is 1. The van der Waals surface area contributed by atoms with Gasteiger partial charge >= 0.3 is 0 Å². The van der Waals surface area contributed by atoms with E-state index in [-0.39, 0.29) is 0 Å². The zero-order chi connectivity index (χ0) is 11.6. The Kier molecular flexibility index (Phi) is 11.2. The summed E-state index contributed by atoms with van der Waals surface area (Å²) in [5.41, 5.74) is 3.82. The second-order valence-electron chi connectivity index (χ2n) is 2.57. The SMILES string of the molecule is CC.CC.CNc1cc(C)ccc1C. The van der Waals surface area contributed by atoms with Gasteiger partial charge in [-0.25, -0.2) is 0 Å². The number of rotatable bonds is 1. The van der Waals surface area contributed by atoms with Crippen molar-refractivity contribution in [3.05, 3.63) is 29.3 Å². The molecule has 0 aliphatic rings. The van der Waals surface area contributed by atoms with Gasteiger partial charge in [0.15, 0.2) is 0 Å². The van der Waals surface area contributed by atoms with Crippen molar-refractivity contribution >= 4 is 5.69 Å². The zero-order valence-corrected chi connectivity index (χ0v) is 10.7. The van der Waals surface area contributed by atoms with Crippen LogP contribution in [0.1, 0.15) is 38.8 Å². The molecular formula is C13H25N. The molecule has 0 amide bonds. The lowest BCUT2D eigenvalue weighted by molar-refractivity contribution is 1.36. The predicted octanol–water partition coefficient (Wildman–Crippen LogP) is 4.40. The van der Waals surface area contributed by atoms with Crippen molar-refractivity contribution in [2.45, 2.75) is 41.5 Å². The fourth-order valence-electron chi connectivity index (χ4n) is 1.01. The summed E-state index contributed by atoms with van der Waals surface area (Å²) in [5.74, 6) is 0. The van der Waals surface area contributed by atoms with Crippen LogP contribution in [0.2, 0.25) is 0 Å². The van der Waals surface area contributed by atoms with Gasteiger partial charge in [0.1, 0.15) is 0 Å². The Morgan fingerprint density at radius 3 is 1.79 bits per heavy atom. The molecule has 0 saturated heterocycles. The van der Waals surface area contributed by atoms with Gasteiger partial charge in [0.05, 0.1) is 0 Å².